The molecule has 1 heteroatoms. The van der Waals surface area contributed by atoms with Crippen molar-refractivity contribution in [3.63, 3.8) is 0 Å². The second kappa shape index (κ2) is 3.20. The molecule has 0 N–H and O–H groups in total. The van der Waals surface area contributed by atoms with E-state index in [0.29, 0.717) is 0 Å². The summed E-state index contributed by atoms with van der Waals surface area (Å²) in [6.07, 6.45) is 3.63. The zero-order valence-electron chi connectivity index (χ0n) is 7.22. The molecular weight excluding hydrogens is 122 g/mol. The van der Waals surface area contributed by atoms with Gasteiger partial charge in [-0.05, 0) is 19.4 Å². The lowest BCUT2D eigenvalue weighted by Crippen LogP contribution is -2.27. The third kappa shape index (κ3) is 1.84. The van der Waals surface area contributed by atoms with Crippen molar-refractivity contribution in [2.24, 2.45) is 5.92 Å². The summed E-state index contributed by atoms with van der Waals surface area (Å²) >= 11 is 0. The van der Waals surface area contributed by atoms with Crippen molar-refractivity contribution in [2.75, 3.05) is 20.1 Å². The Kier molecular flexibility index (Phi) is 2.50. The van der Waals surface area contributed by atoms with Crippen LogP contribution in [-0.4, -0.2) is 25.0 Å². The molecule has 1 aliphatic heterocycles. The average Bonchev–Trinajstić information content (AvgIpc) is 1.88. The maximum absolute atomic E-state index is 2.39. The Bertz CT molecular complexity index is 136. The molecule has 1 aliphatic rings. The molecule has 0 amide bonds. The van der Waals surface area contributed by atoms with Gasteiger partial charge in [0, 0.05) is 13.1 Å². The Balaban J connectivity index is 2.51. The van der Waals surface area contributed by atoms with Crippen LogP contribution >= 0.6 is 0 Å². The van der Waals surface area contributed by atoms with Crippen molar-refractivity contribution >= 4 is 0 Å². The van der Waals surface area contributed by atoms with Gasteiger partial charge in [-0.25, -0.2) is 0 Å². The van der Waals surface area contributed by atoms with E-state index >= 15 is 0 Å². The summed E-state index contributed by atoms with van der Waals surface area (Å²) in [6.45, 7) is 6.95. The van der Waals surface area contributed by atoms with Crippen molar-refractivity contribution < 1.29 is 0 Å². The highest BCUT2D eigenvalue weighted by Gasteiger charge is 2.10. The number of hydrogen-bond acceptors (Lipinski definition) is 1. The summed E-state index contributed by atoms with van der Waals surface area (Å²) in [7, 11) is 2.19. The van der Waals surface area contributed by atoms with Gasteiger partial charge < -0.3 is 4.90 Å². The van der Waals surface area contributed by atoms with Crippen LogP contribution < -0.4 is 0 Å². The van der Waals surface area contributed by atoms with E-state index in [1.54, 1.807) is 5.57 Å². The first-order valence-corrected chi connectivity index (χ1v) is 4.07. The molecule has 0 bridgehead atoms. The van der Waals surface area contributed by atoms with Gasteiger partial charge in [-0.1, -0.05) is 25.5 Å². The summed E-state index contributed by atoms with van der Waals surface area (Å²) in [5.41, 5.74) is 1.61. The zero-order valence-corrected chi connectivity index (χ0v) is 7.22. The van der Waals surface area contributed by atoms with Gasteiger partial charge in [0.15, 0.2) is 0 Å². The monoisotopic (exact) mass is 139 g/mol. The topological polar surface area (TPSA) is 3.24 Å². The van der Waals surface area contributed by atoms with E-state index in [9.17, 15) is 0 Å². The van der Waals surface area contributed by atoms with Crippen molar-refractivity contribution in [1.82, 2.24) is 4.90 Å². The lowest BCUT2D eigenvalue weighted by atomic mass is 9.99. The third-order valence-corrected chi connectivity index (χ3v) is 2.11. The Morgan fingerprint density at radius 3 is 2.60 bits per heavy atom. The summed E-state index contributed by atoms with van der Waals surface area (Å²) in [4.78, 5) is 2.38. The smallest absolute Gasteiger partial charge is 0.0192 e. The van der Waals surface area contributed by atoms with Crippen LogP contribution in [0, 0.1) is 5.92 Å². The fraction of sp³-hybridized carbons (Fsp3) is 0.778. The zero-order chi connectivity index (χ0) is 7.56. The van der Waals surface area contributed by atoms with E-state index in [4.69, 9.17) is 0 Å². The Morgan fingerprint density at radius 1 is 1.50 bits per heavy atom. The maximum atomic E-state index is 2.39. The summed E-state index contributed by atoms with van der Waals surface area (Å²) in [5, 5.41) is 0. The number of nitrogens with zero attached hydrogens (tertiary/aromatic N) is 1. The fourth-order valence-electron chi connectivity index (χ4n) is 1.34. The van der Waals surface area contributed by atoms with Gasteiger partial charge in [0.05, 0.1) is 0 Å². The largest absolute Gasteiger partial charge is 0.302 e. The summed E-state index contributed by atoms with van der Waals surface area (Å²) in [6, 6.07) is 0. The standard InChI is InChI=1S/C9H17N/c1-8(2)9-5-4-6-10(3)7-9/h5,8H,4,6-7H2,1-3H3. The van der Waals surface area contributed by atoms with Gasteiger partial charge in [-0.2, -0.15) is 0 Å². The lowest BCUT2D eigenvalue weighted by molar-refractivity contribution is 0.342. The maximum Gasteiger partial charge on any atom is 0.0192 e. The molecule has 0 saturated carbocycles. The average molecular weight is 139 g/mol. The van der Waals surface area contributed by atoms with Crippen LogP contribution in [0.3, 0.4) is 0 Å². The Labute approximate surface area is 63.7 Å². The molecule has 0 fully saturated rings. The lowest BCUT2D eigenvalue weighted by Gasteiger charge is -2.24. The van der Waals surface area contributed by atoms with E-state index in [2.05, 4.69) is 31.9 Å². The molecule has 0 aliphatic carbocycles. The molecule has 0 saturated heterocycles. The van der Waals surface area contributed by atoms with Crippen LogP contribution in [-0.2, 0) is 0 Å². The molecular formula is C9H17N. The molecule has 1 rings (SSSR count). The van der Waals surface area contributed by atoms with Crippen LogP contribution in [0.2, 0.25) is 0 Å². The highest BCUT2D eigenvalue weighted by Crippen LogP contribution is 2.15. The minimum atomic E-state index is 0.739. The molecule has 0 aromatic heterocycles. The van der Waals surface area contributed by atoms with E-state index in [1.165, 1.54) is 19.5 Å². The molecule has 0 aromatic carbocycles. The van der Waals surface area contributed by atoms with E-state index in [1.807, 2.05) is 0 Å². The third-order valence-electron chi connectivity index (χ3n) is 2.11. The number of rotatable bonds is 1. The highest BCUT2D eigenvalue weighted by atomic mass is 15.1. The molecule has 10 heavy (non-hydrogen) atoms. The molecule has 0 radical (unpaired) electrons. The number of likely N-dealkylation sites (N-methyl/N-ethyl adjacent to an activating group) is 1. The van der Waals surface area contributed by atoms with Gasteiger partial charge in [0.1, 0.15) is 0 Å². The Hall–Kier alpha value is -0.300. The Morgan fingerprint density at radius 2 is 2.20 bits per heavy atom. The fourth-order valence-corrected chi connectivity index (χ4v) is 1.34. The number of hydrogen-bond donors (Lipinski definition) is 0. The molecule has 0 atom stereocenters. The van der Waals surface area contributed by atoms with E-state index in [0.717, 1.165) is 5.92 Å². The first kappa shape index (κ1) is 7.80. The highest BCUT2D eigenvalue weighted by molar-refractivity contribution is 5.09. The molecule has 0 spiro atoms. The van der Waals surface area contributed by atoms with Crippen LogP contribution in [0.1, 0.15) is 20.3 Å². The predicted molar refractivity (Wildman–Crippen MR) is 45.0 cm³/mol. The normalized spacial score (nSPS) is 21.4. The molecule has 0 aromatic rings. The summed E-state index contributed by atoms with van der Waals surface area (Å²) < 4.78 is 0. The molecule has 58 valence electrons. The van der Waals surface area contributed by atoms with Gasteiger partial charge >= 0.3 is 0 Å². The van der Waals surface area contributed by atoms with Crippen LogP contribution in [0.15, 0.2) is 11.6 Å². The van der Waals surface area contributed by atoms with E-state index < -0.39 is 0 Å². The SMILES string of the molecule is CC(C)C1=CCCN(C)C1. The van der Waals surface area contributed by atoms with Gasteiger partial charge in [0.2, 0.25) is 0 Å². The molecule has 1 heterocycles. The molecule has 0 unspecified atom stereocenters. The first-order chi connectivity index (χ1) is 4.70. The van der Waals surface area contributed by atoms with Gasteiger partial charge in [0.25, 0.3) is 0 Å². The van der Waals surface area contributed by atoms with Crippen LogP contribution in [0.25, 0.3) is 0 Å². The van der Waals surface area contributed by atoms with E-state index in [-0.39, 0.29) is 0 Å². The molecule has 1 nitrogen and oxygen atoms in total. The van der Waals surface area contributed by atoms with Crippen molar-refractivity contribution in [3.05, 3.63) is 11.6 Å². The van der Waals surface area contributed by atoms with Crippen molar-refractivity contribution in [3.8, 4) is 0 Å². The minimum Gasteiger partial charge on any atom is -0.302 e. The van der Waals surface area contributed by atoms with Gasteiger partial charge in [-0.3, -0.25) is 0 Å². The quantitative estimate of drug-likeness (QED) is 0.501. The van der Waals surface area contributed by atoms with Crippen LogP contribution in [0.4, 0.5) is 0 Å². The van der Waals surface area contributed by atoms with Gasteiger partial charge in [-0.15, -0.1) is 0 Å². The van der Waals surface area contributed by atoms with Crippen molar-refractivity contribution in [2.45, 2.75) is 20.3 Å². The van der Waals surface area contributed by atoms with Crippen molar-refractivity contribution in [1.29, 1.82) is 0 Å². The minimum absolute atomic E-state index is 0.739. The predicted octanol–water partition coefficient (Wildman–Crippen LogP) is 1.90. The van der Waals surface area contributed by atoms with Crippen LogP contribution in [0.5, 0.6) is 0 Å². The summed E-state index contributed by atoms with van der Waals surface area (Å²) in [5.74, 6) is 0.739. The first-order valence-electron chi connectivity index (χ1n) is 4.07. The second-order valence-electron chi connectivity index (χ2n) is 3.46. The second-order valence-corrected chi connectivity index (χ2v) is 3.46.